The van der Waals surface area contributed by atoms with Crippen molar-refractivity contribution in [2.75, 3.05) is 39.0 Å². The molecule has 0 atom stereocenters. The molecule has 0 aliphatic heterocycles. The molecule has 0 bridgehead atoms. The molecule has 1 aromatic heterocycles. The molecule has 1 aromatic carbocycles. The fourth-order valence-corrected chi connectivity index (χ4v) is 2.23. The summed E-state index contributed by atoms with van der Waals surface area (Å²) < 4.78 is 16.0. The largest absolute Gasteiger partial charge is 0.493 e. The Kier molecular flexibility index (Phi) is 5.70. The predicted octanol–water partition coefficient (Wildman–Crippen LogP) is 2.81. The highest BCUT2D eigenvalue weighted by Gasteiger charge is 2.13. The zero-order valence-electron chi connectivity index (χ0n) is 13.4. The van der Waals surface area contributed by atoms with E-state index in [9.17, 15) is 0 Å². The zero-order valence-corrected chi connectivity index (χ0v) is 14.2. The SMILES string of the molecule is CNc1nc(Cl)cc(NCc2cc(OC)c(OC)c(OC)c2)n1. The molecule has 0 saturated heterocycles. The van der Waals surface area contributed by atoms with Crippen molar-refractivity contribution in [1.82, 2.24) is 9.97 Å². The van der Waals surface area contributed by atoms with Crippen LogP contribution in [0.25, 0.3) is 0 Å². The lowest BCUT2D eigenvalue weighted by atomic mass is 10.1. The number of ether oxygens (including phenoxy) is 3. The molecule has 2 aromatic rings. The van der Waals surface area contributed by atoms with Crippen LogP contribution in [0.4, 0.5) is 11.8 Å². The number of rotatable bonds is 7. The summed E-state index contributed by atoms with van der Waals surface area (Å²) in [7, 11) is 6.46. The molecule has 23 heavy (non-hydrogen) atoms. The molecule has 2 rings (SSSR count). The average Bonchev–Trinajstić information content (AvgIpc) is 2.58. The number of aromatic nitrogens is 2. The summed E-state index contributed by atoms with van der Waals surface area (Å²) in [5.74, 6) is 2.81. The summed E-state index contributed by atoms with van der Waals surface area (Å²) in [5, 5.41) is 6.40. The van der Waals surface area contributed by atoms with Crippen LogP contribution in [0.3, 0.4) is 0 Å². The van der Waals surface area contributed by atoms with Gasteiger partial charge in [-0.25, -0.2) is 4.98 Å². The van der Waals surface area contributed by atoms with Gasteiger partial charge in [0.25, 0.3) is 0 Å². The van der Waals surface area contributed by atoms with Gasteiger partial charge in [-0.2, -0.15) is 4.98 Å². The van der Waals surface area contributed by atoms with Gasteiger partial charge in [0.1, 0.15) is 11.0 Å². The molecule has 0 fully saturated rings. The summed E-state index contributed by atoms with van der Waals surface area (Å²) in [6.07, 6.45) is 0. The quantitative estimate of drug-likeness (QED) is 0.751. The monoisotopic (exact) mass is 338 g/mol. The molecule has 0 amide bonds. The van der Waals surface area contributed by atoms with Gasteiger partial charge in [0.05, 0.1) is 21.3 Å². The molecule has 7 nitrogen and oxygen atoms in total. The van der Waals surface area contributed by atoms with Crippen molar-refractivity contribution in [3.05, 3.63) is 28.9 Å². The fraction of sp³-hybridized carbons (Fsp3) is 0.333. The maximum absolute atomic E-state index is 5.96. The second kappa shape index (κ2) is 7.73. The van der Waals surface area contributed by atoms with Gasteiger partial charge in [-0.15, -0.1) is 0 Å². The molecule has 2 N–H and O–H groups in total. The van der Waals surface area contributed by atoms with E-state index in [1.165, 1.54) is 0 Å². The van der Waals surface area contributed by atoms with Gasteiger partial charge in [-0.1, -0.05) is 11.6 Å². The molecule has 0 aliphatic rings. The maximum Gasteiger partial charge on any atom is 0.225 e. The minimum atomic E-state index is 0.358. The maximum atomic E-state index is 5.96. The van der Waals surface area contributed by atoms with Crippen LogP contribution in [0.15, 0.2) is 18.2 Å². The third-order valence-electron chi connectivity index (χ3n) is 3.12. The first kappa shape index (κ1) is 17.0. The summed E-state index contributed by atoms with van der Waals surface area (Å²) in [6.45, 7) is 0.507. The van der Waals surface area contributed by atoms with E-state index in [0.29, 0.717) is 40.7 Å². The Morgan fingerprint density at radius 1 is 1.00 bits per heavy atom. The van der Waals surface area contributed by atoms with Crippen molar-refractivity contribution in [2.24, 2.45) is 0 Å². The standard InChI is InChI=1S/C15H19ClN4O3/c1-17-15-19-12(16)7-13(20-15)18-8-9-5-10(21-2)14(23-4)11(6-9)22-3/h5-7H,8H2,1-4H3,(H2,17,18,19,20). The topological polar surface area (TPSA) is 77.5 Å². The van der Waals surface area contributed by atoms with Crippen LogP contribution in [0.1, 0.15) is 5.56 Å². The van der Waals surface area contributed by atoms with E-state index in [-0.39, 0.29) is 0 Å². The van der Waals surface area contributed by atoms with E-state index < -0.39 is 0 Å². The highest BCUT2D eigenvalue weighted by Crippen LogP contribution is 2.38. The van der Waals surface area contributed by atoms with Crippen molar-refractivity contribution in [3.63, 3.8) is 0 Å². The first-order valence-electron chi connectivity index (χ1n) is 6.86. The van der Waals surface area contributed by atoms with Gasteiger partial charge in [-0.3, -0.25) is 0 Å². The van der Waals surface area contributed by atoms with E-state index in [1.807, 2.05) is 12.1 Å². The summed E-state index contributed by atoms with van der Waals surface area (Å²) in [5.41, 5.74) is 0.945. The Balaban J connectivity index is 2.22. The Bertz CT molecular complexity index is 657. The van der Waals surface area contributed by atoms with Crippen molar-refractivity contribution >= 4 is 23.4 Å². The van der Waals surface area contributed by atoms with Crippen LogP contribution in [-0.2, 0) is 6.54 Å². The molecule has 0 unspecified atom stereocenters. The summed E-state index contributed by atoms with van der Waals surface area (Å²) in [6, 6.07) is 5.40. The molecular formula is C15H19ClN4O3. The minimum Gasteiger partial charge on any atom is -0.493 e. The highest BCUT2D eigenvalue weighted by atomic mass is 35.5. The molecular weight excluding hydrogens is 320 g/mol. The number of halogens is 1. The number of methoxy groups -OCH3 is 3. The Morgan fingerprint density at radius 3 is 2.17 bits per heavy atom. The lowest BCUT2D eigenvalue weighted by Crippen LogP contribution is -2.05. The van der Waals surface area contributed by atoms with Gasteiger partial charge in [0, 0.05) is 19.7 Å². The van der Waals surface area contributed by atoms with E-state index in [1.54, 1.807) is 34.4 Å². The van der Waals surface area contributed by atoms with Crippen LogP contribution < -0.4 is 24.8 Å². The lowest BCUT2D eigenvalue weighted by molar-refractivity contribution is 0.324. The van der Waals surface area contributed by atoms with Gasteiger partial charge in [-0.05, 0) is 17.7 Å². The van der Waals surface area contributed by atoms with Gasteiger partial charge < -0.3 is 24.8 Å². The third kappa shape index (κ3) is 4.07. The van der Waals surface area contributed by atoms with Crippen molar-refractivity contribution in [1.29, 1.82) is 0 Å². The van der Waals surface area contributed by atoms with Gasteiger partial charge in [0.15, 0.2) is 11.5 Å². The summed E-state index contributed by atoms with van der Waals surface area (Å²) >= 11 is 5.96. The molecule has 8 heteroatoms. The van der Waals surface area contributed by atoms with Crippen LogP contribution in [-0.4, -0.2) is 38.3 Å². The molecule has 0 saturated carbocycles. The summed E-state index contributed by atoms with van der Waals surface area (Å²) in [4.78, 5) is 8.31. The number of nitrogens with one attached hydrogen (secondary N) is 2. The fourth-order valence-electron chi connectivity index (χ4n) is 2.05. The minimum absolute atomic E-state index is 0.358. The molecule has 124 valence electrons. The van der Waals surface area contributed by atoms with E-state index in [2.05, 4.69) is 20.6 Å². The number of hydrogen-bond acceptors (Lipinski definition) is 7. The Morgan fingerprint density at radius 2 is 1.65 bits per heavy atom. The van der Waals surface area contributed by atoms with Crippen molar-refractivity contribution in [2.45, 2.75) is 6.54 Å². The van der Waals surface area contributed by atoms with Crippen LogP contribution in [0.5, 0.6) is 17.2 Å². The van der Waals surface area contributed by atoms with Crippen LogP contribution >= 0.6 is 11.6 Å². The van der Waals surface area contributed by atoms with Gasteiger partial charge in [0.2, 0.25) is 11.7 Å². The number of hydrogen-bond donors (Lipinski definition) is 2. The van der Waals surface area contributed by atoms with E-state index >= 15 is 0 Å². The normalized spacial score (nSPS) is 10.1. The molecule has 0 radical (unpaired) electrons. The van der Waals surface area contributed by atoms with Crippen molar-refractivity contribution in [3.8, 4) is 17.2 Å². The smallest absolute Gasteiger partial charge is 0.225 e. The molecule has 0 aliphatic carbocycles. The van der Waals surface area contributed by atoms with Crippen molar-refractivity contribution < 1.29 is 14.2 Å². The lowest BCUT2D eigenvalue weighted by Gasteiger charge is -2.14. The first-order valence-corrected chi connectivity index (χ1v) is 7.24. The second-order valence-corrected chi connectivity index (χ2v) is 4.92. The Labute approximate surface area is 139 Å². The average molecular weight is 339 g/mol. The predicted molar refractivity (Wildman–Crippen MR) is 90.0 cm³/mol. The van der Waals surface area contributed by atoms with Gasteiger partial charge >= 0.3 is 0 Å². The second-order valence-electron chi connectivity index (χ2n) is 4.54. The molecule has 1 heterocycles. The highest BCUT2D eigenvalue weighted by molar-refractivity contribution is 6.29. The van der Waals surface area contributed by atoms with Crippen LogP contribution in [0, 0.1) is 0 Å². The van der Waals surface area contributed by atoms with E-state index in [0.717, 1.165) is 5.56 Å². The number of nitrogens with zero attached hydrogens (tertiary/aromatic N) is 2. The van der Waals surface area contributed by atoms with E-state index in [4.69, 9.17) is 25.8 Å². The first-order chi connectivity index (χ1) is 11.1. The zero-order chi connectivity index (χ0) is 16.8. The Hall–Kier alpha value is -2.41. The third-order valence-corrected chi connectivity index (χ3v) is 3.31. The molecule has 0 spiro atoms. The van der Waals surface area contributed by atoms with Crippen LogP contribution in [0.2, 0.25) is 5.15 Å². The number of anilines is 2. The number of benzene rings is 1.